The van der Waals surface area contributed by atoms with Gasteiger partial charge in [-0.15, -0.1) is 0 Å². The van der Waals surface area contributed by atoms with Gasteiger partial charge in [0, 0.05) is 30.3 Å². The zero-order chi connectivity index (χ0) is 34.1. The van der Waals surface area contributed by atoms with E-state index < -0.39 is 52.1 Å². The van der Waals surface area contributed by atoms with E-state index in [1.165, 1.54) is 0 Å². The first kappa shape index (κ1) is 32.3. The fourth-order valence-corrected chi connectivity index (χ4v) is 7.63. The first-order valence-electron chi connectivity index (χ1n) is 15.5. The Morgan fingerprint density at radius 1 is 1.21 bits per heavy atom. The summed E-state index contributed by atoms with van der Waals surface area (Å²) in [6.07, 6.45) is -2.48. The van der Waals surface area contributed by atoms with E-state index in [1.54, 1.807) is 12.3 Å². The number of pyridine rings is 2. The third kappa shape index (κ3) is 5.27. The molecule has 3 aliphatic heterocycles. The van der Waals surface area contributed by atoms with Crippen LogP contribution in [-0.4, -0.2) is 69.4 Å². The molecule has 3 atom stereocenters. The molecule has 6 heterocycles. The van der Waals surface area contributed by atoms with Crippen LogP contribution in [-0.2, 0) is 6.18 Å². The van der Waals surface area contributed by atoms with Gasteiger partial charge < -0.3 is 25.8 Å². The van der Waals surface area contributed by atoms with Crippen LogP contribution in [0.4, 0.5) is 39.3 Å². The second-order valence-electron chi connectivity index (χ2n) is 12.5. The number of anilines is 3. The van der Waals surface area contributed by atoms with Gasteiger partial charge >= 0.3 is 12.2 Å². The van der Waals surface area contributed by atoms with E-state index in [0.29, 0.717) is 30.2 Å². The molecule has 7 rings (SSSR count). The normalized spacial score (nSPS) is 21.7. The van der Waals surface area contributed by atoms with Crippen molar-refractivity contribution in [1.82, 2.24) is 24.8 Å². The van der Waals surface area contributed by atoms with Crippen molar-refractivity contribution in [3.05, 3.63) is 51.9 Å². The van der Waals surface area contributed by atoms with Crippen LogP contribution in [0.2, 0.25) is 5.02 Å². The largest absolute Gasteiger partial charge is 0.475 e. The smallest absolute Gasteiger partial charge is 0.417 e. The quantitative estimate of drug-likeness (QED) is 0.176. The van der Waals surface area contributed by atoms with E-state index in [-0.39, 0.29) is 53.3 Å². The lowest BCUT2D eigenvalue weighted by atomic mass is 9.95. The number of fused-ring (bicyclic) bond motifs is 1. The fourth-order valence-electron chi connectivity index (χ4n) is 7.35. The molecule has 254 valence electrons. The van der Waals surface area contributed by atoms with Gasteiger partial charge in [0.15, 0.2) is 0 Å². The molecule has 0 spiro atoms. The Bertz CT molecular complexity index is 1930. The highest BCUT2D eigenvalue weighted by atomic mass is 35.5. The van der Waals surface area contributed by atoms with Crippen LogP contribution in [0.15, 0.2) is 24.4 Å². The monoisotopic (exact) mass is 690 g/mol. The van der Waals surface area contributed by atoms with Gasteiger partial charge in [0.25, 0.3) is 0 Å². The van der Waals surface area contributed by atoms with Crippen molar-refractivity contribution in [2.45, 2.75) is 57.0 Å². The summed E-state index contributed by atoms with van der Waals surface area (Å²) in [6.45, 7) is 4.34. The van der Waals surface area contributed by atoms with Crippen LogP contribution in [0.5, 0.6) is 11.9 Å². The number of nitrogen functional groups attached to an aromatic ring is 2. The van der Waals surface area contributed by atoms with E-state index in [1.807, 2.05) is 17.9 Å². The summed E-state index contributed by atoms with van der Waals surface area (Å²) in [4.78, 5) is 22.0. The highest BCUT2D eigenvalue weighted by molar-refractivity contribution is 6.38. The van der Waals surface area contributed by atoms with Crippen molar-refractivity contribution in [3.8, 4) is 23.1 Å². The Kier molecular flexibility index (Phi) is 7.89. The maximum Gasteiger partial charge on any atom is 0.417 e. The van der Waals surface area contributed by atoms with Crippen molar-refractivity contribution in [3.63, 3.8) is 0 Å². The Morgan fingerprint density at radius 3 is 2.75 bits per heavy atom. The molecule has 0 aliphatic carbocycles. The van der Waals surface area contributed by atoms with E-state index in [2.05, 4.69) is 19.9 Å². The predicted octanol–water partition coefficient (Wildman–Crippen LogP) is 6.29. The summed E-state index contributed by atoms with van der Waals surface area (Å²) < 4.78 is 84.8. The van der Waals surface area contributed by atoms with Gasteiger partial charge in [-0.3, -0.25) is 4.90 Å². The fraction of sp³-hybridized carbons (Fsp3) is 0.438. The van der Waals surface area contributed by atoms with Gasteiger partial charge in [-0.25, -0.2) is 18.7 Å². The highest BCUT2D eigenvalue weighted by Gasteiger charge is 2.49. The third-order valence-corrected chi connectivity index (χ3v) is 10.00. The minimum atomic E-state index is -4.98. The number of alkyl halides is 4. The lowest BCUT2D eigenvalue weighted by Gasteiger charge is -2.32. The third-order valence-electron chi connectivity index (χ3n) is 9.64. The Labute approximate surface area is 277 Å². The number of benzene rings is 1. The molecule has 0 bridgehead atoms. The predicted molar refractivity (Wildman–Crippen MR) is 170 cm³/mol. The molecule has 0 amide bonds. The molecule has 4 aromatic rings. The number of ether oxygens (including phenoxy) is 2. The molecule has 3 aliphatic rings. The summed E-state index contributed by atoms with van der Waals surface area (Å²) in [6, 6.07) is 3.90. The minimum absolute atomic E-state index is 0.000771. The van der Waals surface area contributed by atoms with Gasteiger partial charge in [0.1, 0.15) is 47.7 Å². The van der Waals surface area contributed by atoms with Crippen LogP contribution in [0.1, 0.15) is 48.9 Å². The van der Waals surface area contributed by atoms with Gasteiger partial charge in [0.2, 0.25) is 5.88 Å². The van der Waals surface area contributed by atoms with Crippen LogP contribution in [0, 0.1) is 12.7 Å². The summed E-state index contributed by atoms with van der Waals surface area (Å²) in [7, 11) is 0. The van der Waals surface area contributed by atoms with Gasteiger partial charge in [-0.1, -0.05) is 17.7 Å². The molecule has 48 heavy (non-hydrogen) atoms. The molecule has 16 heteroatoms. The molecule has 0 unspecified atom stereocenters. The van der Waals surface area contributed by atoms with Crippen molar-refractivity contribution in [2.24, 2.45) is 0 Å². The molecule has 1 aromatic carbocycles. The number of halogens is 6. The van der Waals surface area contributed by atoms with Gasteiger partial charge in [-0.05, 0) is 50.9 Å². The maximum absolute atomic E-state index is 14.7. The topological polar surface area (TPSA) is 129 Å². The van der Waals surface area contributed by atoms with E-state index in [9.17, 15) is 22.0 Å². The number of nitrogens with two attached hydrogens (primary N) is 2. The standard InChI is InChI=1S/C32H32ClF5N8O2/c1-15-22(32(36,37)38)19(11-20(39)24(15)35)25-23(33)26-21-28(44-30(43-26)48-14-31-6-4-8-45(31)13-17(34)12-31)46(9-10-47-29(21)42-25)16(2)18-5-3-7-41-27(18)40/h3,5,7,11,16-17H,4,6,8-10,12-14,39H2,1-2H3,(H2,40,41)/t16-,17-,31+/m1/s1. The molecular weight excluding hydrogens is 659 g/mol. The molecule has 10 nitrogen and oxygen atoms in total. The number of nitrogens with zero attached hydrogens (tertiary/aromatic N) is 6. The first-order chi connectivity index (χ1) is 22.8. The summed E-state index contributed by atoms with van der Waals surface area (Å²) in [5, 5.41) is -0.0453. The number of hydrogen-bond donors (Lipinski definition) is 2. The molecule has 0 radical (unpaired) electrons. The summed E-state index contributed by atoms with van der Waals surface area (Å²) in [5.74, 6) is -0.680. The van der Waals surface area contributed by atoms with Crippen LogP contribution < -0.4 is 25.8 Å². The highest BCUT2D eigenvalue weighted by Crippen LogP contribution is 2.48. The zero-order valence-corrected chi connectivity index (χ0v) is 26.8. The molecule has 2 saturated heterocycles. The van der Waals surface area contributed by atoms with Crippen molar-refractivity contribution >= 4 is 39.8 Å². The molecular formula is C32H32ClF5N8O2. The van der Waals surface area contributed by atoms with E-state index >= 15 is 0 Å². The molecule has 0 saturated carbocycles. The molecule has 2 fully saturated rings. The Balaban J connectivity index is 1.44. The van der Waals surface area contributed by atoms with Crippen molar-refractivity contribution in [2.75, 3.05) is 49.2 Å². The average molecular weight is 691 g/mol. The number of hydrogen-bond acceptors (Lipinski definition) is 10. The van der Waals surface area contributed by atoms with Gasteiger partial charge in [0.05, 0.1) is 40.1 Å². The second-order valence-corrected chi connectivity index (χ2v) is 12.9. The van der Waals surface area contributed by atoms with Gasteiger partial charge in [-0.2, -0.15) is 23.1 Å². The second kappa shape index (κ2) is 11.7. The SMILES string of the molecule is Cc1c(F)c(N)cc(-c2nc3c4c(nc(OC[C@@]56CCCN5C[C@H](F)C6)nc4c2Cl)N([C@H](C)c2cccnc2N)CCO3)c1C(F)(F)F. The average Bonchev–Trinajstić information content (AvgIpc) is 3.49. The lowest BCUT2D eigenvalue weighted by Crippen LogP contribution is -2.43. The first-order valence-corrected chi connectivity index (χ1v) is 15.9. The van der Waals surface area contributed by atoms with E-state index in [0.717, 1.165) is 32.4 Å². The van der Waals surface area contributed by atoms with Crippen molar-refractivity contribution < 1.29 is 31.4 Å². The van der Waals surface area contributed by atoms with Crippen LogP contribution in [0.3, 0.4) is 0 Å². The summed E-state index contributed by atoms with van der Waals surface area (Å²) in [5.41, 5.74) is 8.83. The molecule has 3 aromatic heterocycles. The summed E-state index contributed by atoms with van der Waals surface area (Å²) >= 11 is 6.92. The Morgan fingerprint density at radius 2 is 2.00 bits per heavy atom. The van der Waals surface area contributed by atoms with Crippen LogP contribution >= 0.6 is 11.6 Å². The van der Waals surface area contributed by atoms with Crippen LogP contribution in [0.25, 0.3) is 22.2 Å². The molecule has 4 N–H and O–H groups in total. The van der Waals surface area contributed by atoms with Crippen molar-refractivity contribution in [1.29, 1.82) is 0 Å². The Hall–Kier alpha value is -4.24. The minimum Gasteiger partial charge on any atom is -0.475 e. The lowest BCUT2D eigenvalue weighted by molar-refractivity contribution is -0.137. The zero-order valence-electron chi connectivity index (χ0n) is 26.0. The number of aromatic nitrogens is 4. The maximum atomic E-state index is 14.7. The number of rotatable bonds is 6. The van der Waals surface area contributed by atoms with E-state index in [4.69, 9.17) is 37.5 Å².